The third kappa shape index (κ3) is 6.71. The van der Waals surface area contributed by atoms with Crippen molar-refractivity contribution in [2.75, 3.05) is 19.8 Å². The molecule has 2 aliphatic rings. The highest BCUT2D eigenvalue weighted by Crippen LogP contribution is 2.36. The molecule has 2 unspecified atom stereocenters. The Kier molecular flexibility index (Phi) is 8.46. The highest BCUT2D eigenvalue weighted by molar-refractivity contribution is 5.25. The second-order valence-corrected chi connectivity index (χ2v) is 8.07. The number of rotatable bonds is 9. The van der Waals surface area contributed by atoms with Gasteiger partial charge in [0.2, 0.25) is 0 Å². The van der Waals surface area contributed by atoms with Crippen molar-refractivity contribution in [2.24, 2.45) is 5.92 Å². The first-order chi connectivity index (χ1) is 15.5. The summed E-state index contributed by atoms with van der Waals surface area (Å²) in [7, 11) is 0. The molecule has 0 aromatic heterocycles. The van der Waals surface area contributed by atoms with Crippen molar-refractivity contribution in [3.05, 3.63) is 29.6 Å². The van der Waals surface area contributed by atoms with Gasteiger partial charge in [0.15, 0.2) is 23.6 Å². The third-order valence-electron chi connectivity index (χ3n) is 5.35. The smallest absolute Gasteiger partial charge is 0.424 e. The molecule has 2 aliphatic heterocycles. The average molecular weight is 490 g/mol. The Bertz CT molecular complexity index is 755. The second-order valence-electron chi connectivity index (χ2n) is 8.07. The molecule has 0 spiro atoms. The van der Waals surface area contributed by atoms with E-state index >= 15 is 0 Å². The van der Waals surface area contributed by atoms with E-state index in [1.54, 1.807) is 0 Å². The van der Waals surface area contributed by atoms with Crippen LogP contribution in [-0.4, -0.2) is 50.5 Å². The molecule has 0 amide bonds. The van der Waals surface area contributed by atoms with Gasteiger partial charge in [-0.2, -0.15) is 17.6 Å². The Balaban J connectivity index is 1.49. The van der Waals surface area contributed by atoms with Gasteiger partial charge in [0, 0.05) is 18.1 Å². The van der Waals surface area contributed by atoms with Crippen LogP contribution in [0.2, 0.25) is 0 Å². The highest BCUT2D eigenvalue weighted by atomic mass is 19.3. The maximum atomic E-state index is 14.4. The maximum Gasteiger partial charge on any atom is 0.424 e. The van der Waals surface area contributed by atoms with Crippen LogP contribution in [0, 0.1) is 23.4 Å². The van der Waals surface area contributed by atoms with E-state index in [1.165, 1.54) is 0 Å². The molecule has 2 atom stereocenters. The summed E-state index contributed by atoms with van der Waals surface area (Å²) in [6.07, 6.45) is -10.9. The van der Waals surface area contributed by atoms with Crippen molar-refractivity contribution in [2.45, 2.75) is 69.7 Å². The summed E-state index contributed by atoms with van der Waals surface area (Å²) in [6.45, 7) is 1.59. The molecule has 3 rings (SSSR count). The van der Waals surface area contributed by atoms with E-state index in [0.29, 0.717) is 0 Å². The van der Waals surface area contributed by atoms with Gasteiger partial charge >= 0.3 is 12.2 Å². The fourth-order valence-electron chi connectivity index (χ4n) is 3.57. The van der Waals surface area contributed by atoms with Crippen LogP contribution in [0.5, 0.6) is 5.75 Å². The van der Waals surface area contributed by atoms with Crippen molar-refractivity contribution in [1.29, 1.82) is 0 Å². The lowest BCUT2D eigenvalue weighted by atomic mass is 10.0. The van der Waals surface area contributed by atoms with Crippen LogP contribution >= 0.6 is 0 Å². The van der Waals surface area contributed by atoms with E-state index in [4.69, 9.17) is 18.9 Å². The molecule has 0 saturated carbocycles. The lowest BCUT2D eigenvalue weighted by Crippen LogP contribution is -2.50. The number of hydrogen-bond acceptors (Lipinski definition) is 5. The molecule has 1 aromatic carbocycles. The van der Waals surface area contributed by atoms with Gasteiger partial charge in [-0.1, -0.05) is 19.8 Å². The molecule has 33 heavy (non-hydrogen) atoms. The Morgan fingerprint density at radius 3 is 2.09 bits per heavy atom. The predicted octanol–water partition coefficient (Wildman–Crippen LogP) is 5.41. The van der Waals surface area contributed by atoms with Gasteiger partial charge in [0.05, 0.1) is 25.9 Å². The summed E-state index contributed by atoms with van der Waals surface area (Å²) in [6, 6.07) is 0.525. The topological polar surface area (TPSA) is 46.2 Å². The number of benzene rings is 1. The maximum absolute atomic E-state index is 14.4. The molecule has 188 valence electrons. The molecule has 1 aromatic rings. The number of halogens is 7. The molecule has 0 N–H and O–H groups in total. The molecular formula is C21H25F7O5. The summed E-state index contributed by atoms with van der Waals surface area (Å²) < 4.78 is 121. The predicted molar refractivity (Wildman–Crippen MR) is 99.4 cm³/mol. The van der Waals surface area contributed by atoms with E-state index < -0.39 is 66.9 Å². The van der Waals surface area contributed by atoms with Gasteiger partial charge < -0.3 is 23.7 Å². The number of alkyl halides is 4. The number of unbranched alkanes of at least 4 members (excludes halogenated alkanes) is 1. The Hall–Kier alpha value is -1.63. The molecular weight excluding hydrogens is 465 g/mol. The van der Waals surface area contributed by atoms with E-state index in [-0.39, 0.29) is 37.7 Å². The average Bonchev–Trinajstić information content (AvgIpc) is 2.76. The van der Waals surface area contributed by atoms with Crippen LogP contribution in [0.3, 0.4) is 0 Å². The second kappa shape index (κ2) is 10.7. The molecule has 12 heteroatoms. The molecule has 2 saturated heterocycles. The van der Waals surface area contributed by atoms with Crippen LogP contribution in [0.1, 0.15) is 39.0 Å². The zero-order chi connectivity index (χ0) is 24.2. The minimum Gasteiger partial charge on any atom is -0.430 e. The third-order valence-corrected chi connectivity index (χ3v) is 5.35. The van der Waals surface area contributed by atoms with Crippen LogP contribution < -0.4 is 4.74 Å². The molecule has 0 aliphatic carbocycles. The van der Waals surface area contributed by atoms with Crippen LogP contribution in [-0.2, 0) is 18.9 Å². The fraction of sp³-hybridized carbons (Fsp3) is 0.714. The summed E-state index contributed by atoms with van der Waals surface area (Å²) in [4.78, 5) is 0. The fourth-order valence-corrected chi connectivity index (χ4v) is 3.57. The van der Waals surface area contributed by atoms with Gasteiger partial charge in [-0.05, 0) is 19.3 Å². The summed E-state index contributed by atoms with van der Waals surface area (Å²) in [5.74, 6) is -6.17. The highest BCUT2D eigenvalue weighted by Gasteiger charge is 2.50. The zero-order valence-corrected chi connectivity index (χ0v) is 17.8. The van der Waals surface area contributed by atoms with E-state index in [9.17, 15) is 30.7 Å². The summed E-state index contributed by atoms with van der Waals surface area (Å²) in [5.41, 5.74) is 0. The number of ether oxygens (including phenoxy) is 5. The van der Waals surface area contributed by atoms with Gasteiger partial charge in [-0.25, -0.2) is 13.2 Å². The molecule has 5 nitrogen and oxygen atoms in total. The standard InChI is InChI=1S/C21H25F7O5/c1-2-3-4-12-9-30-19(31-10-12)21(27,28)32-13-5-6-17(29-11-13)20(25,26)33-14-7-15(22)18(24)16(23)8-14/h7-8,12-13,17,19H,2-6,9-11H2,1H3. The minimum atomic E-state index is -4.06. The number of hydrogen-bond donors (Lipinski definition) is 0. The van der Waals surface area contributed by atoms with Crippen molar-refractivity contribution >= 4 is 0 Å². The lowest BCUT2D eigenvalue weighted by Gasteiger charge is -2.37. The van der Waals surface area contributed by atoms with Crippen molar-refractivity contribution < 1.29 is 54.4 Å². The molecule has 0 radical (unpaired) electrons. The van der Waals surface area contributed by atoms with Crippen LogP contribution in [0.25, 0.3) is 0 Å². The first kappa shape index (κ1) is 26.0. The van der Waals surface area contributed by atoms with Crippen molar-refractivity contribution in [3.63, 3.8) is 0 Å². The summed E-state index contributed by atoms with van der Waals surface area (Å²) in [5, 5.41) is 0. The van der Waals surface area contributed by atoms with Gasteiger partial charge in [-0.15, -0.1) is 0 Å². The summed E-state index contributed by atoms with van der Waals surface area (Å²) >= 11 is 0. The van der Waals surface area contributed by atoms with E-state index in [2.05, 4.69) is 4.74 Å². The zero-order valence-electron chi connectivity index (χ0n) is 17.8. The first-order valence-corrected chi connectivity index (χ1v) is 10.6. The van der Waals surface area contributed by atoms with Crippen molar-refractivity contribution in [3.8, 4) is 5.75 Å². The minimum absolute atomic E-state index is 0.0149. The molecule has 2 heterocycles. The molecule has 0 bridgehead atoms. The quantitative estimate of drug-likeness (QED) is 0.342. The normalized spacial score (nSPS) is 26.9. The Morgan fingerprint density at radius 2 is 1.55 bits per heavy atom. The van der Waals surface area contributed by atoms with Crippen molar-refractivity contribution in [1.82, 2.24) is 0 Å². The van der Waals surface area contributed by atoms with Crippen LogP contribution in [0.4, 0.5) is 30.7 Å². The van der Waals surface area contributed by atoms with E-state index in [0.717, 1.165) is 19.3 Å². The van der Waals surface area contributed by atoms with Gasteiger partial charge in [0.25, 0.3) is 6.29 Å². The Morgan fingerprint density at radius 1 is 0.909 bits per heavy atom. The SMILES string of the molecule is CCCCC1COC(C(F)(F)OC2CCC(C(F)(F)Oc3cc(F)c(F)c(F)c3)OC2)OC1. The largest absolute Gasteiger partial charge is 0.430 e. The van der Waals surface area contributed by atoms with E-state index in [1.807, 2.05) is 6.92 Å². The first-order valence-electron chi connectivity index (χ1n) is 10.6. The van der Waals surface area contributed by atoms with Gasteiger partial charge in [0.1, 0.15) is 5.75 Å². The monoisotopic (exact) mass is 490 g/mol. The van der Waals surface area contributed by atoms with Crippen LogP contribution in [0.15, 0.2) is 12.1 Å². The van der Waals surface area contributed by atoms with Gasteiger partial charge in [-0.3, -0.25) is 0 Å². The lowest BCUT2D eigenvalue weighted by molar-refractivity contribution is -0.395. The Labute approximate surface area is 186 Å². The molecule has 2 fully saturated rings.